The summed E-state index contributed by atoms with van der Waals surface area (Å²) in [5, 5.41) is 49.0. The predicted octanol–water partition coefficient (Wildman–Crippen LogP) is -0.826. The summed E-state index contributed by atoms with van der Waals surface area (Å²) in [6.45, 7) is 1.63. The van der Waals surface area contributed by atoms with Gasteiger partial charge in [0.05, 0.1) is 4.92 Å². The molecule has 0 saturated carbocycles. The molecule has 1 saturated heterocycles. The van der Waals surface area contributed by atoms with Gasteiger partial charge in [0.2, 0.25) is 6.29 Å². The number of aliphatic hydroxyl groups is 3. The molecule has 0 amide bonds. The van der Waals surface area contributed by atoms with Crippen molar-refractivity contribution in [2.45, 2.75) is 37.6 Å². The monoisotopic (exact) mass is 329 g/mol. The number of aliphatic hydroxyl groups excluding tert-OH is 3. The second-order valence-corrected chi connectivity index (χ2v) is 5.08. The average molecular weight is 329 g/mol. The molecule has 1 aromatic carbocycles. The van der Waals surface area contributed by atoms with E-state index in [0.29, 0.717) is 5.56 Å². The van der Waals surface area contributed by atoms with Crippen molar-refractivity contribution in [1.82, 2.24) is 0 Å². The molecule has 10 heteroatoms. The van der Waals surface area contributed by atoms with Gasteiger partial charge in [0.1, 0.15) is 18.3 Å². The maximum Gasteiger partial charge on any atom is 0.335 e. The first-order valence-electron chi connectivity index (χ1n) is 6.56. The van der Waals surface area contributed by atoms with Gasteiger partial charge in [0.25, 0.3) is 0 Å². The Morgan fingerprint density at radius 2 is 1.91 bits per heavy atom. The number of carbonyl (C=O) groups is 1. The third-order valence-electron chi connectivity index (χ3n) is 3.37. The average Bonchev–Trinajstić information content (AvgIpc) is 2.48. The molecule has 5 atom stereocenters. The zero-order chi connectivity index (χ0) is 17.3. The number of nitro benzene ring substituents is 1. The van der Waals surface area contributed by atoms with Crippen molar-refractivity contribution in [2.24, 2.45) is 0 Å². The predicted molar refractivity (Wildman–Crippen MR) is 72.8 cm³/mol. The smallest absolute Gasteiger partial charge is 0.335 e. The van der Waals surface area contributed by atoms with E-state index in [0.717, 1.165) is 0 Å². The molecule has 0 radical (unpaired) electrons. The Labute approximate surface area is 129 Å². The summed E-state index contributed by atoms with van der Waals surface area (Å²) in [5.41, 5.74) is 0.182. The molecule has 2 rings (SSSR count). The molecule has 1 aliphatic rings. The lowest BCUT2D eigenvalue weighted by Crippen LogP contribution is -2.61. The topological polar surface area (TPSA) is 160 Å². The highest BCUT2D eigenvalue weighted by Gasteiger charge is 2.48. The number of carboxylic acids is 1. The number of aliphatic carboxylic acids is 1. The zero-order valence-electron chi connectivity index (χ0n) is 11.9. The van der Waals surface area contributed by atoms with Crippen molar-refractivity contribution in [2.75, 3.05) is 0 Å². The van der Waals surface area contributed by atoms with Crippen LogP contribution in [0.25, 0.3) is 0 Å². The summed E-state index contributed by atoms with van der Waals surface area (Å²) < 4.78 is 10.1. The van der Waals surface area contributed by atoms with Gasteiger partial charge in [-0.3, -0.25) is 10.1 Å². The highest BCUT2D eigenvalue weighted by molar-refractivity contribution is 5.73. The number of nitro groups is 1. The third-order valence-corrected chi connectivity index (χ3v) is 3.37. The summed E-state index contributed by atoms with van der Waals surface area (Å²) >= 11 is 0. The standard InChI is InChI=1S/C13H15NO9/c1-5-2-3-7(6(4-5)14(20)21)22-13-10(17)8(15)9(16)11(23-13)12(18)19/h2-4,8-11,13,15-17H,1H3,(H,18,19). The van der Waals surface area contributed by atoms with Crippen molar-refractivity contribution < 1.29 is 39.6 Å². The van der Waals surface area contributed by atoms with Crippen LogP contribution in [0, 0.1) is 17.0 Å². The van der Waals surface area contributed by atoms with Crippen molar-refractivity contribution in [1.29, 1.82) is 0 Å². The number of ether oxygens (including phenoxy) is 2. The van der Waals surface area contributed by atoms with Crippen LogP contribution < -0.4 is 4.74 Å². The normalized spacial score (nSPS) is 30.7. The molecule has 0 bridgehead atoms. The third kappa shape index (κ3) is 3.40. The van der Waals surface area contributed by atoms with Crippen molar-refractivity contribution in [3.63, 3.8) is 0 Å². The lowest BCUT2D eigenvalue weighted by Gasteiger charge is -2.38. The van der Waals surface area contributed by atoms with Crippen molar-refractivity contribution in [3.05, 3.63) is 33.9 Å². The first kappa shape index (κ1) is 17.1. The number of nitrogens with zero attached hydrogens (tertiary/aromatic N) is 1. The van der Waals surface area contributed by atoms with Crippen molar-refractivity contribution >= 4 is 11.7 Å². The highest BCUT2D eigenvalue weighted by atomic mass is 16.7. The fourth-order valence-corrected chi connectivity index (χ4v) is 2.14. The Kier molecular flexibility index (Phi) is 4.80. The molecule has 0 aliphatic carbocycles. The maximum atomic E-state index is 11.0. The van der Waals surface area contributed by atoms with Gasteiger partial charge >= 0.3 is 11.7 Å². The lowest BCUT2D eigenvalue weighted by molar-refractivity contribution is -0.387. The van der Waals surface area contributed by atoms with Crippen LogP contribution in [0.2, 0.25) is 0 Å². The summed E-state index contributed by atoms with van der Waals surface area (Å²) in [5.74, 6) is -1.84. The minimum atomic E-state index is -1.87. The van der Waals surface area contributed by atoms with E-state index < -0.39 is 47.3 Å². The summed E-state index contributed by atoms with van der Waals surface area (Å²) in [6.07, 6.45) is -9.05. The molecular weight excluding hydrogens is 314 g/mol. The van der Waals surface area contributed by atoms with Gasteiger partial charge in [-0.2, -0.15) is 0 Å². The van der Waals surface area contributed by atoms with Gasteiger partial charge in [-0.25, -0.2) is 4.79 Å². The molecule has 0 spiro atoms. The molecule has 5 unspecified atom stereocenters. The first-order valence-corrected chi connectivity index (χ1v) is 6.56. The number of carboxylic acid groups (broad SMARTS) is 1. The minimum absolute atomic E-state index is 0.266. The van der Waals surface area contributed by atoms with Gasteiger partial charge in [-0.05, 0) is 18.6 Å². The first-order chi connectivity index (χ1) is 10.7. The Morgan fingerprint density at radius 1 is 1.26 bits per heavy atom. The van der Waals surface area contributed by atoms with Crippen molar-refractivity contribution in [3.8, 4) is 5.75 Å². The van der Waals surface area contributed by atoms with E-state index in [9.17, 15) is 30.2 Å². The Morgan fingerprint density at radius 3 is 2.48 bits per heavy atom. The highest BCUT2D eigenvalue weighted by Crippen LogP contribution is 2.31. The molecule has 126 valence electrons. The Hall–Kier alpha value is -2.27. The Bertz CT molecular complexity index is 619. The summed E-state index contributed by atoms with van der Waals surface area (Å²) in [6, 6.07) is 4.00. The minimum Gasteiger partial charge on any atom is -0.479 e. The number of rotatable bonds is 4. The van der Waals surface area contributed by atoms with E-state index in [1.807, 2.05) is 0 Å². The van der Waals surface area contributed by atoms with E-state index in [-0.39, 0.29) is 5.75 Å². The van der Waals surface area contributed by atoms with Gasteiger partial charge < -0.3 is 29.9 Å². The fraction of sp³-hybridized carbons (Fsp3) is 0.462. The molecule has 1 aromatic rings. The van der Waals surface area contributed by atoms with E-state index >= 15 is 0 Å². The van der Waals surface area contributed by atoms with Crippen LogP contribution in [0.4, 0.5) is 5.69 Å². The molecule has 4 N–H and O–H groups in total. The van der Waals surface area contributed by atoms with Gasteiger partial charge in [0, 0.05) is 6.07 Å². The second kappa shape index (κ2) is 6.46. The van der Waals surface area contributed by atoms with E-state index in [1.165, 1.54) is 18.2 Å². The number of hydrogen-bond acceptors (Lipinski definition) is 8. The van der Waals surface area contributed by atoms with Gasteiger partial charge in [-0.15, -0.1) is 0 Å². The number of benzene rings is 1. The van der Waals surface area contributed by atoms with E-state index in [4.69, 9.17) is 14.6 Å². The molecule has 23 heavy (non-hydrogen) atoms. The maximum absolute atomic E-state index is 11.0. The SMILES string of the molecule is Cc1ccc(OC2OC(C(=O)O)C(O)C(O)C2O)c([N+](=O)[O-])c1. The van der Waals surface area contributed by atoms with E-state index in [1.54, 1.807) is 6.92 Å². The zero-order valence-corrected chi connectivity index (χ0v) is 11.9. The van der Waals surface area contributed by atoms with Crippen LogP contribution in [0.1, 0.15) is 5.56 Å². The fourth-order valence-electron chi connectivity index (χ4n) is 2.14. The number of aryl methyl sites for hydroxylation is 1. The summed E-state index contributed by atoms with van der Waals surface area (Å²) in [4.78, 5) is 21.3. The van der Waals surface area contributed by atoms with Crippen LogP contribution in [-0.2, 0) is 9.53 Å². The molecule has 1 fully saturated rings. The quantitative estimate of drug-likeness (QED) is 0.408. The summed E-state index contributed by atoms with van der Waals surface area (Å²) in [7, 11) is 0. The molecule has 10 nitrogen and oxygen atoms in total. The Balaban J connectivity index is 2.28. The largest absolute Gasteiger partial charge is 0.479 e. The second-order valence-electron chi connectivity index (χ2n) is 5.08. The van der Waals surface area contributed by atoms with Crippen LogP contribution in [0.5, 0.6) is 5.75 Å². The van der Waals surface area contributed by atoms with Crippen LogP contribution in [0.3, 0.4) is 0 Å². The van der Waals surface area contributed by atoms with Crippen LogP contribution >= 0.6 is 0 Å². The van der Waals surface area contributed by atoms with E-state index in [2.05, 4.69) is 0 Å². The lowest BCUT2D eigenvalue weighted by atomic mass is 9.99. The molecule has 1 heterocycles. The molecule has 1 aliphatic heterocycles. The van der Waals surface area contributed by atoms with Gasteiger partial charge in [-0.1, -0.05) is 6.07 Å². The van der Waals surface area contributed by atoms with Crippen LogP contribution in [0.15, 0.2) is 18.2 Å². The molecular formula is C13H15NO9. The number of hydrogen-bond donors (Lipinski definition) is 4. The molecule has 0 aromatic heterocycles. The van der Waals surface area contributed by atoms with Crippen LogP contribution in [-0.4, -0.2) is 62.0 Å². The van der Waals surface area contributed by atoms with Gasteiger partial charge in [0.15, 0.2) is 11.9 Å².